The van der Waals surface area contributed by atoms with Crippen LogP contribution in [-0.2, 0) is 9.53 Å². The van der Waals surface area contributed by atoms with Gasteiger partial charge >= 0.3 is 6.18 Å². The average molecular weight is 226 g/mol. The monoisotopic (exact) mass is 226 g/mol. The van der Waals surface area contributed by atoms with Crippen LogP contribution in [0.3, 0.4) is 0 Å². The Balaban J connectivity index is 2.17. The summed E-state index contributed by atoms with van der Waals surface area (Å²) in [7, 11) is 0. The van der Waals surface area contributed by atoms with Gasteiger partial charge in [-0.2, -0.15) is 13.2 Å². The number of amides is 1. The standard InChI is InChI=1S/C8H13F3N2O2/c1-6-12-4-7(14)13(6)2-3-15-5-8(9,10)11/h6,12H,2-5H2,1H3. The first-order valence-corrected chi connectivity index (χ1v) is 4.57. The lowest BCUT2D eigenvalue weighted by Crippen LogP contribution is -2.37. The van der Waals surface area contributed by atoms with E-state index in [1.54, 1.807) is 6.92 Å². The van der Waals surface area contributed by atoms with Gasteiger partial charge in [0.2, 0.25) is 5.91 Å². The third kappa shape index (κ3) is 4.05. The van der Waals surface area contributed by atoms with E-state index in [0.29, 0.717) is 0 Å². The van der Waals surface area contributed by atoms with Crippen molar-refractivity contribution in [3.05, 3.63) is 0 Å². The van der Waals surface area contributed by atoms with Crippen LogP contribution in [-0.4, -0.2) is 49.5 Å². The number of hydrogen-bond donors (Lipinski definition) is 1. The van der Waals surface area contributed by atoms with Gasteiger partial charge < -0.3 is 9.64 Å². The van der Waals surface area contributed by atoms with Crippen LogP contribution in [0.15, 0.2) is 0 Å². The lowest BCUT2D eigenvalue weighted by atomic mass is 10.4. The molecule has 0 radical (unpaired) electrons. The highest BCUT2D eigenvalue weighted by Gasteiger charge is 2.29. The molecule has 1 N–H and O–H groups in total. The summed E-state index contributed by atoms with van der Waals surface area (Å²) >= 11 is 0. The maximum Gasteiger partial charge on any atom is 0.411 e. The minimum absolute atomic E-state index is 0.0999. The molecular weight excluding hydrogens is 213 g/mol. The zero-order valence-electron chi connectivity index (χ0n) is 8.30. The Morgan fingerprint density at radius 2 is 2.27 bits per heavy atom. The van der Waals surface area contributed by atoms with Gasteiger partial charge in [-0.05, 0) is 6.92 Å². The van der Waals surface area contributed by atoms with Crippen molar-refractivity contribution in [2.45, 2.75) is 19.3 Å². The van der Waals surface area contributed by atoms with Crippen LogP contribution in [0.5, 0.6) is 0 Å². The SMILES string of the molecule is CC1NCC(=O)N1CCOCC(F)(F)F. The molecule has 1 saturated heterocycles. The van der Waals surface area contributed by atoms with Crippen LogP contribution >= 0.6 is 0 Å². The second-order valence-corrected chi connectivity index (χ2v) is 3.31. The van der Waals surface area contributed by atoms with Crippen LogP contribution in [0.4, 0.5) is 13.2 Å². The van der Waals surface area contributed by atoms with Gasteiger partial charge in [0.05, 0.1) is 19.3 Å². The highest BCUT2D eigenvalue weighted by atomic mass is 19.4. The first-order chi connectivity index (χ1) is 6.90. The molecule has 0 aliphatic carbocycles. The molecule has 1 amide bonds. The van der Waals surface area contributed by atoms with Gasteiger partial charge in [0, 0.05) is 6.54 Å². The quantitative estimate of drug-likeness (QED) is 0.703. The normalized spacial score (nSPS) is 22.5. The van der Waals surface area contributed by atoms with Gasteiger partial charge in [0.15, 0.2) is 0 Å². The summed E-state index contributed by atoms with van der Waals surface area (Å²) in [6, 6.07) is 0. The molecule has 1 aliphatic rings. The fourth-order valence-corrected chi connectivity index (χ4v) is 1.33. The third-order valence-electron chi connectivity index (χ3n) is 2.08. The second kappa shape index (κ2) is 4.80. The number of halogens is 3. The van der Waals surface area contributed by atoms with Crippen molar-refractivity contribution in [1.82, 2.24) is 10.2 Å². The van der Waals surface area contributed by atoms with Crippen LogP contribution in [0.2, 0.25) is 0 Å². The molecule has 0 aromatic rings. The number of hydrogen-bond acceptors (Lipinski definition) is 3. The van der Waals surface area contributed by atoms with E-state index < -0.39 is 12.8 Å². The number of nitrogens with one attached hydrogen (secondary N) is 1. The van der Waals surface area contributed by atoms with Crippen molar-refractivity contribution in [3.63, 3.8) is 0 Å². The molecule has 1 atom stereocenters. The summed E-state index contributed by atoms with van der Waals surface area (Å²) in [5, 5.41) is 2.88. The van der Waals surface area contributed by atoms with E-state index in [-0.39, 0.29) is 31.8 Å². The van der Waals surface area contributed by atoms with Crippen molar-refractivity contribution in [2.75, 3.05) is 26.3 Å². The molecule has 1 heterocycles. The Morgan fingerprint density at radius 1 is 1.60 bits per heavy atom. The Kier molecular flexibility index (Phi) is 3.92. The molecule has 88 valence electrons. The maximum absolute atomic E-state index is 11.7. The first kappa shape index (κ1) is 12.3. The van der Waals surface area contributed by atoms with E-state index in [1.807, 2.05) is 0 Å². The van der Waals surface area contributed by atoms with Gasteiger partial charge in [0.25, 0.3) is 0 Å². The van der Waals surface area contributed by atoms with Crippen LogP contribution in [0.25, 0.3) is 0 Å². The first-order valence-electron chi connectivity index (χ1n) is 4.57. The molecule has 1 unspecified atom stereocenters. The highest BCUT2D eigenvalue weighted by Crippen LogP contribution is 2.14. The fourth-order valence-electron chi connectivity index (χ4n) is 1.33. The highest BCUT2D eigenvalue weighted by molar-refractivity contribution is 5.80. The molecule has 4 nitrogen and oxygen atoms in total. The van der Waals surface area contributed by atoms with Crippen molar-refractivity contribution >= 4 is 5.91 Å². The minimum Gasteiger partial charge on any atom is -0.370 e. The molecule has 1 fully saturated rings. The number of alkyl halides is 3. The molecule has 0 spiro atoms. The van der Waals surface area contributed by atoms with E-state index in [1.165, 1.54) is 4.90 Å². The molecule has 7 heteroatoms. The molecule has 0 bridgehead atoms. The van der Waals surface area contributed by atoms with E-state index in [2.05, 4.69) is 10.1 Å². The minimum atomic E-state index is -4.31. The molecule has 0 aromatic carbocycles. The van der Waals surface area contributed by atoms with Crippen LogP contribution in [0.1, 0.15) is 6.92 Å². The lowest BCUT2D eigenvalue weighted by molar-refractivity contribution is -0.174. The molecule has 15 heavy (non-hydrogen) atoms. The van der Waals surface area contributed by atoms with Gasteiger partial charge in [-0.1, -0.05) is 0 Å². The molecular formula is C8H13F3N2O2. The van der Waals surface area contributed by atoms with E-state index >= 15 is 0 Å². The van der Waals surface area contributed by atoms with E-state index in [4.69, 9.17) is 0 Å². The second-order valence-electron chi connectivity index (χ2n) is 3.31. The summed E-state index contributed by atoms with van der Waals surface area (Å²) in [4.78, 5) is 12.6. The Hall–Kier alpha value is -0.820. The Labute approximate surface area is 85.4 Å². The lowest BCUT2D eigenvalue weighted by Gasteiger charge is -2.20. The van der Waals surface area contributed by atoms with Gasteiger partial charge in [-0.25, -0.2) is 0 Å². The fraction of sp³-hybridized carbons (Fsp3) is 0.875. The topological polar surface area (TPSA) is 41.6 Å². The van der Waals surface area contributed by atoms with Crippen molar-refractivity contribution in [3.8, 4) is 0 Å². The number of nitrogens with zero attached hydrogens (tertiary/aromatic N) is 1. The van der Waals surface area contributed by atoms with Crippen molar-refractivity contribution in [1.29, 1.82) is 0 Å². The molecule has 1 aliphatic heterocycles. The summed E-state index contributed by atoms with van der Waals surface area (Å²) in [6.45, 7) is 0.826. The summed E-state index contributed by atoms with van der Waals surface area (Å²) in [6.07, 6.45) is -4.44. The number of ether oxygens (including phenoxy) is 1. The van der Waals surface area contributed by atoms with Gasteiger partial charge in [0.1, 0.15) is 6.61 Å². The summed E-state index contributed by atoms with van der Waals surface area (Å²) in [5.41, 5.74) is 0. The predicted molar refractivity (Wildman–Crippen MR) is 46.1 cm³/mol. The zero-order valence-corrected chi connectivity index (χ0v) is 8.30. The molecule has 1 rings (SSSR count). The average Bonchev–Trinajstić information content (AvgIpc) is 2.40. The Morgan fingerprint density at radius 3 is 2.73 bits per heavy atom. The van der Waals surface area contributed by atoms with Crippen molar-refractivity contribution in [2.24, 2.45) is 0 Å². The van der Waals surface area contributed by atoms with Crippen molar-refractivity contribution < 1.29 is 22.7 Å². The summed E-state index contributed by atoms with van der Waals surface area (Å²) in [5.74, 6) is -0.113. The van der Waals surface area contributed by atoms with Gasteiger partial charge in [-0.15, -0.1) is 0 Å². The third-order valence-corrected chi connectivity index (χ3v) is 2.08. The van der Waals surface area contributed by atoms with Crippen LogP contribution < -0.4 is 5.32 Å². The largest absolute Gasteiger partial charge is 0.411 e. The van der Waals surface area contributed by atoms with Crippen LogP contribution in [0, 0.1) is 0 Å². The molecule has 0 saturated carbocycles. The maximum atomic E-state index is 11.7. The molecule has 0 aromatic heterocycles. The number of rotatable bonds is 4. The number of carbonyl (C=O) groups is 1. The Bertz CT molecular complexity index is 232. The van der Waals surface area contributed by atoms with E-state index in [0.717, 1.165) is 0 Å². The number of carbonyl (C=O) groups excluding carboxylic acids is 1. The zero-order chi connectivity index (χ0) is 11.5. The van der Waals surface area contributed by atoms with Gasteiger partial charge in [-0.3, -0.25) is 10.1 Å². The van der Waals surface area contributed by atoms with E-state index in [9.17, 15) is 18.0 Å². The smallest absolute Gasteiger partial charge is 0.370 e. The predicted octanol–water partition coefficient (Wildman–Crippen LogP) is 0.343. The summed E-state index contributed by atoms with van der Waals surface area (Å²) < 4.78 is 39.5.